The summed E-state index contributed by atoms with van der Waals surface area (Å²) in [5, 5.41) is 0. The SMILES string of the molecule is CC/C=C\C/C=C\C/C=C\C/C=C\C/C=C\CCCCCCCCCCCC(=O)OC(COC(=O)CCCCCCC/C=C\C/C=C\CCCC)COP(=O)(O)OCC[N+](C)(C)C. The first-order valence-electron chi connectivity index (χ1n) is 24.8. The molecule has 10 heteroatoms. The van der Waals surface area contributed by atoms with Crippen molar-refractivity contribution < 1.29 is 42.1 Å². The highest BCUT2D eigenvalue weighted by molar-refractivity contribution is 7.47. The van der Waals surface area contributed by atoms with E-state index in [1.54, 1.807) is 0 Å². The molecule has 362 valence electrons. The van der Waals surface area contributed by atoms with Crippen molar-refractivity contribution in [1.29, 1.82) is 0 Å². The fourth-order valence-electron chi connectivity index (χ4n) is 6.29. The fraction of sp³-hybridized carbons (Fsp3) is 0.698. The Hall–Kier alpha value is -2.81. The number of quaternary nitrogens is 1. The van der Waals surface area contributed by atoms with E-state index in [-0.39, 0.29) is 32.0 Å². The van der Waals surface area contributed by atoms with Crippen LogP contribution in [0.1, 0.15) is 187 Å². The van der Waals surface area contributed by atoms with E-state index in [9.17, 15) is 19.0 Å². The molecule has 0 aliphatic carbocycles. The smallest absolute Gasteiger partial charge is 0.462 e. The van der Waals surface area contributed by atoms with E-state index in [1.165, 1.54) is 44.9 Å². The molecule has 0 radical (unpaired) electrons. The topological polar surface area (TPSA) is 108 Å². The van der Waals surface area contributed by atoms with Crippen LogP contribution >= 0.6 is 7.82 Å². The number of unbranched alkanes of at least 4 members (excludes halogenated alkanes) is 16. The molecule has 0 amide bonds. The Morgan fingerprint density at radius 2 is 0.905 bits per heavy atom. The summed E-state index contributed by atoms with van der Waals surface area (Å²) in [5.74, 6) is -0.827. The molecule has 9 nitrogen and oxygen atoms in total. The number of rotatable bonds is 44. The van der Waals surface area contributed by atoms with Crippen molar-refractivity contribution in [1.82, 2.24) is 0 Å². The summed E-state index contributed by atoms with van der Waals surface area (Å²) in [7, 11) is 1.45. The Kier molecular flexibility index (Phi) is 42.4. The molecular formula is C53H93NO8P+. The van der Waals surface area contributed by atoms with Crippen LogP contribution in [0.4, 0.5) is 0 Å². The molecule has 0 aliphatic heterocycles. The van der Waals surface area contributed by atoms with Crippen molar-refractivity contribution in [3.05, 3.63) is 85.1 Å². The van der Waals surface area contributed by atoms with Crippen molar-refractivity contribution >= 4 is 19.8 Å². The molecule has 0 aromatic carbocycles. The number of carbonyl (C=O) groups excluding carboxylic acids is 2. The van der Waals surface area contributed by atoms with Gasteiger partial charge in [-0.15, -0.1) is 0 Å². The molecule has 0 bridgehead atoms. The molecule has 0 saturated heterocycles. The standard InChI is InChI=1S/C53H92NO8P/c1-6-8-10-12-14-16-18-20-22-23-24-25-26-27-28-29-30-31-32-34-36-38-40-42-44-46-53(56)62-51(50-61-63(57,58)60-48-47-54(3,4)5)49-59-52(55)45-43-41-39-37-35-33-21-19-17-15-13-11-9-7-2/h8,10,13-16,19-22,24-25,27-28,51H,6-7,9,11-12,17-18,23,26,29-50H2,1-5H3/p+1/b10-8-,15-13-,16-14-,21-19-,22-20-,25-24-,28-27-. The summed E-state index contributed by atoms with van der Waals surface area (Å²) in [5.41, 5.74) is 0. The number of phosphoric ester groups is 1. The third kappa shape index (κ3) is 48.5. The Morgan fingerprint density at radius 1 is 0.508 bits per heavy atom. The quantitative estimate of drug-likeness (QED) is 0.0212. The van der Waals surface area contributed by atoms with Gasteiger partial charge < -0.3 is 18.9 Å². The average molecular weight is 903 g/mol. The number of likely N-dealkylation sites (N-methyl/N-ethyl adjacent to an activating group) is 1. The number of hydrogen-bond acceptors (Lipinski definition) is 7. The van der Waals surface area contributed by atoms with Gasteiger partial charge in [-0.25, -0.2) is 4.57 Å². The summed E-state index contributed by atoms with van der Waals surface area (Å²) in [4.78, 5) is 35.5. The van der Waals surface area contributed by atoms with Gasteiger partial charge in [0.15, 0.2) is 6.10 Å². The van der Waals surface area contributed by atoms with Crippen LogP contribution in [-0.4, -0.2) is 74.9 Å². The van der Waals surface area contributed by atoms with E-state index in [4.69, 9.17) is 18.5 Å². The van der Waals surface area contributed by atoms with E-state index in [1.807, 2.05) is 21.1 Å². The van der Waals surface area contributed by atoms with E-state index >= 15 is 0 Å². The van der Waals surface area contributed by atoms with Gasteiger partial charge in [-0.05, 0) is 83.5 Å². The zero-order chi connectivity index (χ0) is 46.4. The number of phosphoric acid groups is 1. The number of ether oxygens (including phenoxy) is 2. The predicted octanol–water partition coefficient (Wildman–Crippen LogP) is 14.7. The number of carbonyl (C=O) groups is 2. The lowest BCUT2D eigenvalue weighted by atomic mass is 10.1. The van der Waals surface area contributed by atoms with Gasteiger partial charge in [0.1, 0.15) is 19.8 Å². The van der Waals surface area contributed by atoms with Gasteiger partial charge in [0, 0.05) is 12.8 Å². The number of esters is 2. The first-order valence-corrected chi connectivity index (χ1v) is 26.3. The van der Waals surface area contributed by atoms with Crippen LogP contribution in [0, 0.1) is 0 Å². The summed E-state index contributed by atoms with van der Waals surface area (Å²) >= 11 is 0. The Bertz CT molecular complexity index is 1340. The molecule has 0 rings (SSSR count). The molecule has 2 atom stereocenters. The van der Waals surface area contributed by atoms with Gasteiger partial charge in [0.25, 0.3) is 0 Å². The molecule has 0 spiro atoms. The highest BCUT2D eigenvalue weighted by atomic mass is 31.2. The van der Waals surface area contributed by atoms with E-state index in [2.05, 4.69) is 98.9 Å². The first-order chi connectivity index (χ1) is 30.5. The molecule has 63 heavy (non-hydrogen) atoms. The molecule has 0 aromatic rings. The molecule has 0 aliphatic rings. The average Bonchev–Trinajstić information content (AvgIpc) is 3.24. The van der Waals surface area contributed by atoms with Crippen molar-refractivity contribution in [2.45, 2.75) is 193 Å². The van der Waals surface area contributed by atoms with Crippen LogP contribution in [0.5, 0.6) is 0 Å². The monoisotopic (exact) mass is 903 g/mol. The molecule has 1 N–H and O–H groups in total. The third-order valence-electron chi connectivity index (χ3n) is 10.2. The second-order valence-corrected chi connectivity index (χ2v) is 18.9. The van der Waals surface area contributed by atoms with Gasteiger partial charge in [0.2, 0.25) is 0 Å². The Labute approximate surface area is 386 Å². The minimum Gasteiger partial charge on any atom is -0.462 e. The molecular weight excluding hydrogens is 810 g/mol. The zero-order valence-electron chi connectivity index (χ0n) is 40.8. The van der Waals surface area contributed by atoms with Crippen LogP contribution in [0.25, 0.3) is 0 Å². The summed E-state index contributed by atoms with van der Waals surface area (Å²) in [6, 6.07) is 0. The molecule has 0 fully saturated rings. The lowest BCUT2D eigenvalue weighted by Crippen LogP contribution is -2.37. The van der Waals surface area contributed by atoms with Crippen LogP contribution in [0.15, 0.2) is 85.1 Å². The van der Waals surface area contributed by atoms with Crippen molar-refractivity contribution in [3.8, 4) is 0 Å². The van der Waals surface area contributed by atoms with E-state index < -0.39 is 26.5 Å². The number of hydrogen-bond donors (Lipinski definition) is 1. The zero-order valence-corrected chi connectivity index (χ0v) is 41.7. The van der Waals surface area contributed by atoms with Crippen LogP contribution < -0.4 is 0 Å². The van der Waals surface area contributed by atoms with Gasteiger partial charge in [0.05, 0.1) is 27.7 Å². The minimum atomic E-state index is -4.39. The maximum Gasteiger partial charge on any atom is 0.472 e. The molecule has 0 heterocycles. The predicted molar refractivity (Wildman–Crippen MR) is 265 cm³/mol. The minimum absolute atomic E-state index is 0.0238. The van der Waals surface area contributed by atoms with Gasteiger partial charge >= 0.3 is 19.8 Å². The maximum absolute atomic E-state index is 12.8. The van der Waals surface area contributed by atoms with Crippen molar-refractivity contribution in [3.63, 3.8) is 0 Å². The number of allylic oxidation sites excluding steroid dienone is 14. The second kappa shape index (κ2) is 44.4. The van der Waals surface area contributed by atoms with Gasteiger partial charge in [-0.1, -0.05) is 176 Å². The summed E-state index contributed by atoms with van der Waals surface area (Å²) in [6.45, 7) is 4.24. The Balaban J connectivity index is 4.28. The lowest BCUT2D eigenvalue weighted by molar-refractivity contribution is -0.870. The third-order valence-corrected chi connectivity index (χ3v) is 11.1. The molecule has 0 saturated carbocycles. The summed E-state index contributed by atoms with van der Waals surface area (Å²) < 4.78 is 34.4. The normalized spacial score (nSPS) is 14.2. The van der Waals surface area contributed by atoms with Gasteiger partial charge in [-0.2, -0.15) is 0 Å². The largest absolute Gasteiger partial charge is 0.472 e. The first kappa shape index (κ1) is 60.2. The lowest BCUT2D eigenvalue weighted by Gasteiger charge is -2.24. The molecule has 0 aromatic heterocycles. The van der Waals surface area contributed by atoms with Crippen molar-refractivity contribution in [2.75, 3.05) is 47.5 Å². The fourth-order valence-corrected chi connectivity index (χ4v) is 7.03. The van der Waals surface area contributed by atoms with E-state index in [0.29, 0.717) is 17.4 Å². The van der Waals surface area contributed by atoms with Gasteiger partial charge in [-0.3, -0.25) is 18.6 Å². The van der Waals surface area contributed by atoms with Crippen LogP contribution in [0.2, 0.25) is 0 Å². The van der Waals surface area contributed by atoms with Crippen LogP contribution in [-0.2, 0) is 32.7 Å². The highest BCUT2D eigenvalue weighted by Crippen LogP contribution is 2.43. The molecule has 2 unspecified atom stereocenters. The number of nitrogens with zero attached hydrogens (tertiary/aromatic N) is 1. The summed E-state index contributed by atoms with van der Waals surface area (Å²) in [6.07, 6.45) is 57.7. The van der Waals surface area contributed by atoms with Crippen molar-refractivity contribution in [2.24, 2.45) is 0 Å². The maximum atomic E-state index is 12.8. The van der Waals surface area contributed by atoms with E-state index in [0.717, 1.165) is 109 Å². The Morgan fingerprint density at radius 3 is 1.35 bits per heavy atom. The highest BCUT2D eigenvalue weighted by Gasteiger charge is 2.27. The second-order valence-electron chi connectivity index (χ2n) is 17.5. The van der Waals surface area contributed by atoms with Crippen LogP contribution in [0.3, 0.4) is 0 Å².